The zero-order valence-electron chi connectivity index (χ0n) is 13.7. The van der Waals surface area contributed by atoms with Crippen LogP contribution < -0.4 is 16.4 Å². The number of anilines is 1. The number of hydrogen-bond acceptors (Lipinski definition) is 6. The van der Waals surface area contributed by atoms with Crippen molar-refractivity contribution in [1.29, 1.82) is 0 Å². The highest BCUT2D eigenvalue weighted by molar-refractivity contribution is 8.01. The van der Waals surface area contributed by atoms with Crippen LogP contribution in [-0.2, 0) is 9.59 Å². The van der Waals surface area contributed by atoms with E-state index in [2.05, 4.69) is 15.8 Å². The normalized spacial score (nSPS) is 18.1. The second kappa shape index (κ2) is 7.35. The predicted octanol–water partition coefficient (Wildman–Crippen LogP) is 1.29. The van der Waals surface area contributed by atoms with E-state index < -0.39 is 0 Å². The summed E-state index contributed by atoms with van der Waals surface area (Å²) in [6.45, 7) is 5.91. The Hall–Kier alpha value is -1.54. The Kier molecular flexibility index (Phi) is 5.69. The lowest BCUT2D eigenvalue weighted by atomic mass is 9.96. The number of hydrogen-bond donors (Lipinski definition) is 3. The molecule has 1 aromatic rings. The van der Waals surface area contributed by atoms with Gasteiger partial charge in [0, 0.05) is 12.6 Å². The van der Waals surface area contributed by atoms with Crippen LogP contribution in [0.4, 0.5) is 5.82 Å². The monoisotopic (exact) mass is 340 g/mol. The van der Waals surface area contributed by atoms with Crippen LogP contribution in [0.25, 0.3) is 0 Å². The number of thioether (sulfide) groups is 1. The first kappa shape index (κ1) is 17.8. The van der Waals surface area contributed by atoms with Crippen LogP contribution >= 0.6 is 11.8 Å². The van der Waals surface area contributed by atoms with E-state index in [-0.39, 0.29) is 28.4 Å². The number of carbonyl (C=O) groups is 2. The first-order valence-electron chi connectivity index (χ1n) is 7.71. The molecule has 1 aliphatic rings. The number of aromatic nitrogens is 1. The lowest BCUT2D eigenvalue weighted by molar-refractivity contribution is -0.120. The molecule has 4 N–H and O–H groups in total. The molecule has 7 nitrogen and oxygen atoms in total. The summed E-state index contributed by atoms with van der Waals surface area (Å²) < 4.78 is 4.89. The third-order valence-corrected chi connectivity index (χ3v) is 5.18. The van der Waals surface area contributed by atoms with Crippen LogP contribution in [-0.4, -0.2) is 40.1 Å². The summed E-state index contributed by atoms with van der Waals surface area (Å²) in [5.74, 6) is 1.40. The van der Waals surface area contributed by atoms with Crippen LogP contribution in [0, 0.1) is 12.8 Å². The molecule has 0 aromatic carbocycles. The number of carbonyl (C=O) groups excluding carboxylic acids is 2. The zero-order chi connectivity index (χ0) is 17.0. The first-order chi connectivity index (χ1) is 10.8. The summed E-state index contributed by atoms with van der Waals surface area (Å²) in [4.78, 5) is 24.1. The molecule has 0 aliphatic heterocycles. The molecule has 1 saturated carbocycles. The maximum Gasteiger partial charge on any atom is 0.238 e. The van der Waals surface area contributed by atoms with E-state index in [0.29, 0.717) is 24.0 Å². The van der Waals surface area contributed by atoms with Crippen molar-refractivity contribution in [3.8, 4) is 0 Å². The molecular formula is C15H24N4O3S. The summed E-state index contributed by atoms with van der Waals surface area (Å²) in [6, 6.07) is 1.64. The van der Waals surface area contributed by atoms with Crippen LogP contribution in [0.1, 0.15) is 32.4 Å². The van der Waals surface area contributed by atoms with Gasteiger partial charge in [0.2, 0.25) is 11.8 Å². The van der Waals surface area contributed by atoms with E-state index in [0.717, 1.165) is 12.8 Å². The van der Waals surface area contributed by atoms with Crippen LogP contribution in [0.3, 0.4) is 0 Å². The fourth-order valence-electron chi connectivity index (χ4n) is 2.32. The van der Waals surface area contributed by atoms with Crippen molar-refractivity contribution >= 4 is 29.4 Å². The minimum atomic E-state index is -0.372. The summed E-state index contributed by atoms with van der Waals surface area (Å²) >= 11 is 1.28. The fraction of sp³-hybridized carbons (Fsp3) is 0.667. The summed E-state index contributed by atoms with van der Waals surface area (Å²) in [5, 5.41) is 9.00. The van der Waals surface area contributed by atoms with Crippen molar-refractivity contribution in [2.75, 3.05) is 17.6 Å². The quantitative estimate of drug-likeness (QED) is 0.658. The van der Waals surface area contributed by atoms with Crippen LogP contribution in [0.15, 0.2) is 10.6 Å². The van der Waals surface area contributed by atoms with Gasteiger partial charge in [-0.2, -0.15) is 0 Å². The van der Waals surface area contributed by atoms with Crippen molar-refractivity contribution in [3.63, 3.8) is 0 Å². The van der Waals surface area contributed by atoms with Gasteiger partial charge in [-0.15, -0.1) is 11.8 Å². The van der Waals surface area contributed by atoms with Gasteiger partial charge < -0.3 is 20.9 Å². The Bertz CT molecular complexity index is 573. The molecule has 1 aromatic heterocycles. The molecule has 8 heteroatoms. The third kappa shape index (κ3) is 4.97. The van der Waals surface area contributed by atoms with Crippen LogP contribution in [0.5, 0.6) is 0 Å². The number of nitrogens with two attached hydrogens (primary N) is 1. The number of rotatable bonds is 8. The summed E-state index contributed by atoms with van der Waals surface area (Å²) in [7, 11) is 0. The maximum absolute atomic E-state index is 12.1. The van der Waals surface area contributed by atoms with Crippen molar-refractivity contribution in [3.05, 3.63) is 11.8 Å². The first-order valence-corrected chi connectivity index (χ1v) is 8.76. The lowest BCUT2D eigenvalue weighted by Gasteiger charge is -2.29. The maximum atomic E-state index is 12.1. The summed E-state index contributed by atoms with van der Waals surface area (Å²) in [6.07, 6.45) is 2.22. The van der Waals surface area contributed by atoms with Crippen molar-refractivity contribution in [1.82, 2.24) is 10.5 Å². The minimum absolute atomic E-state index is 0.0909. The van der Waals surface area contributed by atoms with Gasteiger partial charge >= 0.3 is 0 Å². The van der Waals surface area contributed by atoms with Gasteiger partial charge in [-0.1, -0.05) is 5.16 Å². The van der Waals surface area contributed by atoms with Crippen molar-refractivity contribution < 1.29 is 14.1 Å². The Morgan fingerprint density at radius 2 is 2.26 bits per heavy atom. The second-order valence-corrected chi connectivity index (χ2v) is 7.54. The Balaban J connectivity index is 1.75. The Labute approximate surface area is 140 Å². The van der Waals surface area contributed by atoms with E-state index in [1.54, 1.807) is 19.9 Å². The van der Waals surface area contributed by atoms with Gasteiger partial charge in [0.15, 0.2) is 5.82 Å². The van der Waals surface area contributed by atoms with Gasteiger partial charge in [-0.05, 0) is 39.5 Å². The van der Waals surface area contributed by atoms with Crippen LogP contribution in [0.2, 0.25) is 0 Å². The zero-order valence-corrected chi connectivity index (χ0v) is 14.5. The Morgan fingerprint density at radius 3 is 2.78 bits per heavy atom. The number of nitrogens with one attached hydrogen (secondary N) is 2. The molecule has 0 bridgehead atoms. The average Bonchev–Trinajstić information content (AvgIpc) is 3.29. The number of nitrogens with zero attached hydrogens (tertiary/aromatic N) is 1. The standard InChI is InChI=1S/C15H24N4O3S/c1-9-6-12(19-22-9)17-14(21)10(2)23-7-13(20)18-15(3,8-16)11-4-5-11/h6,10-11H,4-5,7-8,16H2,1-3H3,(H,18,20)(H,17,19,21). The molecule has 0 saturated heterocycles. The van der Waals surface area contributed by atoms with Gasteiger partial charge in [0.25, 0.3) is 0 Å². The number of aryl methyl sites for hydroxylation is 1. The van der Waals surface area contributed by atoms with E-state index in [9.17, 15) is 9.59 Å². The third-order valence-electron chi connectivity index (χ3n) is 4.04. The average molecular weight is 340 g/mol. The van der Waals surface area contributed by atoms with E-state index in [1.807, 2.05) is 6.92 Å². The largest absolute Gasteiger partial charge is 0.360 e. The highest BCUT2D eigenvalue weighted by Crippen LogP contribution is 2.39. The smallest absolute Gasteiger partial charge is 0.238 e. The fourth-order valence-corrected chi connectivity index (χ4v) is 3.01. The van der Waals surface area contributed by atoms with Gasteiger partial charge in [-0.25, -0.2) is 0 Å². The molecule has 2 atom stereocenters. The highest BCUT2D eigenvalue weighted by atomic mass is 32.2. The van der Waals surface area contributed by atoms with Gasteiger partial charge in [0.05, 0.1) is 16.5 Å². The molecule has 2 amide bonds. The summed E-state index contributed by atoms with van der Waals surface area (Å²) in [5.41, 5.74) is 5.45. The number of amides is 2. The lowest BCUT2D eigenvalue weighted by Crippen LogP contribution is -2.53. The highest BCUT2D eigenvalue weighted by Gasteiger charge is 2.41. The SMILES string of the molecule is Cc1cc(NC(=O)C(C)SCC(=O)NC(C)(CN)C2CC2)no1. The molecular weight excluding hydrogens is 316 g/mol. The Morgan fingerprint density at radius 1 is 1.57 bits per heavy atom. The molecule has 2 unspecified atom stereocenters. The molecule has 2 rings (SSSR count). The topological polar surface area (TPSA) is 110 Å². The molecule has 1 aliphatic carbocycles. The van der Waals surface area contributed by atoms with Crippen molar-refractivity contribution in [2.24, 2.45) is 11.7 Å². The van der Waals surface area contributed by atoms with E-state index >= 15 is 0 Å². The van der Waals surface area contributed by atoms with E-state index in [1.165, 1.54) is 11.8 Å². The molecule has 1 fully saturated rings. The van der Waals surface area contributed by atoms with Gasteiger partial charge in [0.1, 0.15) is 5.76 Å². The molecule has 1 heterocycles. The van der Waals surface area contributed by atoms with E-state index in [4.69, 9.17) is 10.3 Å². The second-order valence-electron chi connectivity index (χ2n) is 6.21. The molecule has 128 valence electrons. The minimum Gasteiger partial charge on any atom is -0.360 e. The van der Waals surface area contributed by atoms with Crippen molar-refractivity contribution in [2.45, 2.75) is 44.4 Å². The van der Waals surface area contributed by atoms with Gasteiger partial charge in [-0.3, -0.25) is 9.59 Å². The molecule has 0 radical (unpaired) electrons. The molecule has 0 spiro atoms. The predicted molar refractivity (Wildman–Crippen MR) is 90.1 cm³/mol. The molecule has 23 heavy (non-hydrogen) atoms.